The smallest absolute Gasteiger partial charge is 0.188 e. The molecule has 23 heavy (non-hydrogen) atoms. The van der Waals surface area contributed by atoms with Crippen molar-refractivity contribution in [2.24, 2.45) is 0 Å². The lowest BCUT2D eigenvalue weighted by Gasteiger charge is -2.30. The molecule has 1 aromatic rings. The van der Waals surface area contributed by atoms with Gasteiger partial charge < -0.3 is 9.64 Å². The standard InChI is InChI=1S/C18H26Cl2N2O/c1-2-23-18(21)15(7-6-10-19)14-8-9-17(16(20)13-14)22-11-4-3-5-12-22/h8-9,13,15,21H,2-7,10-12H2,1H3. The molecule has 0 bridgehead atoms. The summed E-state index contributed by atoms with van der Waals surface area (Å²) in [4.78, 5) is 2.36. The normalized spacial score (nSPS) is 16.2. The molecule has 1 aliphatic heterocycles. The Hall–Kier alpha value is -0.930. The van der Waals surface area contributed by atoms with Crippen molar-refractivity contribution in [3.05, 3.63) is 28.8 Å². The maximum Gasteiger partial charge on any atom is 0.188 e. The molecule has 0 aliphatic carbocycles. The summed E-state index contributed by atoms with van der Waals surface area (Å²) < 4.78 is 5.43. The second kappa shape index (κ2) is 9.39. The van der Waals surface area contributed by atoms with Gasteiger partial charge in [0.15, 0.2) is 5.90 Å². The molecule has 0 saturated carbocycles. The van der Waals surface area contributed by atoms with Crippen LogP contribution in [0.1, 0.15) is 50.5 Å². The highest BCUT2D eigenvalue weighted by molar-refractivity contribution is 6.33. The Morgan fingerprint density at radius 3 is 2.65 bits per heavy atom. The van der Waals surface area contributed by atoms with E-state index in [0.29, 0.717) is 18.4 Å². The van der Waals surface area contributed by atoms with Crippen LogP contribution in [-0.2, 0) is 4.74 Å². The molecule has 0 aromatic heterocycles. The fraction of sp³-hybridized carbons (Fsp3) is 0.611. The quantitative estimate of drug-likeness (QED) is 0.400. The lowest BCUT2D eigenvalue weighted by molar-refractivity contribution is 0.305. The number of rotatable bonds is 7. The molecule has 1 N–H and O–H groups in total. The number of benzene rings is 1. The van der Waals surface area contributed by atoms with Crippen molar-refractivity contribution in [2.75, 3.05) is 30.5 Å². The van der Waals surface area contributed by atoms with Crippen LogP contribution in [0, 0.1) is 5.41 Å². The molecule has 5 heteroatoms. The number of nitrogens with zero attached hydrogens (tertiary/aromatic N) is 1. The Labute approximate surface area is 149 Å². The predicted molar refractivity (Wildman–Crippen MR) is 99.6 cm³/mol. The van der Waals surface area contributed by atoms with Gasteiger partial charge in [0.05, 0.1) is 23.2 Å². The molecule has 1 unspecified atom stereocenters. The van der Waals surface area contributed by atoms with Gasteiger partial charge in [0, 0.05) is 19.0 Å². The number of anilines is 1. The van der Waals surface area contributed by atoms with Gasteiger partial charge in [0.2, 0.25) is 0 Å². The second-order valence-electron chi connectivity index (χ2n) is 5.94. The van der Waals surface area contributed by atoms with Crippen LogP contribution >= 0.6 is 23.2 Å². The van der Waals surface area contributed by atoms with Crippen LogP contribution in [0.5, 0.6) is 0 Å². The Kier molecular flexibility index (Phi) is 7.51. The Bertz CT molecular complexity index is 516. The molecule has 3 nitrogen and oxygen atoms in total. The van der Waals surface area contributed by atoms with E-state index in [9.17, 15) is 0 Å². The second-order valence-corrected chi connectivity index (χ2v) is 6.72. The van der Waals surface area contributed by atoms with Gasteiger partial charge in [-0.15, -0.1) is 11.6 Å². The van der Waals surface area contributed by atoms with Gasteiger partial charge in [-0.1, -0.05) is 17.7 Å². The van der Waals surface area contributed by atoms with Crippen LogP contribution < -0.4 is 4.90 Å². The van der Waals surface area contributed by atoms with Crippen LogP contribution in [0.3, 0.4) is 0 Å². The zero-order valence-corrected chi connectivity index (χ0v) is 15.3. The minimum Gasteiger partial charge on any atom is -0.481 e. The van der Waals surface area contributed by atoms with Crippen molar-refractivity contribution in [1.29, 1.82) is 5.41 Å². The van der Waals surface area contributed by atoms with E-state index < -0.39 is 0 Å². The highest BCUT2D eigenvalue weighted by Crippen LogP contribution is 2.33. The van der Waals surface area contributed by atoms with Crippen LogP contribution in [0.15, 0.2) is 18.2 Å². The van der Waals surface area contributed by atoms with Gasteiger partial charge in [-0.25, -0.2) is 0 Å². The summed E-state index contributed by atoms with van der Waals surface area (Å²) in [5, 5.41) is 8.93. The molecule has 1 atom stereocenters. The third-order valence-electron chi connectivity index (χ3n) is 4.31. The highest BCUT2D eigenvalue weighted by atomic mass is 35.5. The third-order valence-corrected chi connectivity index (χ3v) is 4.88. The largest absolute Gasteiger partial charge is 0.481 e. The summed E-state index contributed by atoms with van der Waals surface area (Å²) in [5.74, 6) is 0.830. The number of nitrogens with one attached hydrogen (secondary N) is 1. The van der Waals surface area contributed by atoms with Gasteiger partial charge in [-0.05, 0) is 56.7 Å². The molecule has 0 amide bonds. The van der Waals surface area contributed by atoms with Crippen molar-refractivity contribution < 1.29 is 4.74 Å². The Balaban J connectivity index is 2.18. The Morgan fingerprint density at radius 2 is 2.04 bits per heavy atom. The van der Waals surface area contributed by atoms with Crippen molar-refractivity contribution in [2.45, 2.75) is 44.9 Å². The zero-order valence-electron chi connectivity index (χ0n) is 13.8. The number of piperidine rings is 1. The molecule has 1 aliphatic rings. The maximum absolute atomic E-state index is 8.16. The first-order valence-electron chi connectivity index (χ1n) is 8.49. The highest BCUT2D eigenvalue weighted by Gasteiger charge is 2.21. The summed E-state index contributed by atoms with van der Waals surface area (Å²) in [6.07, 6.45) is 5.42. The molecular weight excluding hydrogens is 331 g/mol. The van der Waals surface area contributed by atoms with Crippen molar-refractivity contribution >= 4 is 34.8 Å². The van der Waals surface area contributed by atoms with Gasteiger partial charge in [0.1, 0.15) is 0 Å². The number of alkyl halides is 1. The third kappa shape index (κ3) is 5.02. The molecule has 2 rings (SSSR count). The van der Waals surface area contributed by atoms with Crippen molar-refractivity contribution in [1.82, 2.24) is 0 Å². The zero-order chi connectivity index (χ0) is 16.7. The van der Waals surface area contributed by atoms with Gasteiger partial charge in [-0.2, -0.15) is 0 Å². The van der Waals surface area contributed by atoms with E-state index in [2.05, 4.69) is 17.0 Å². The average Bonchev–Trinajstić information content (AvgIpc) is 2.56. The Morgan fingerprint density at radius 1 is 1.30 bits per heavy atom. The monoisotopic (exact) mass is 356 g/mol. The van der Waals surface area contributed by atoms with Crippen LogP contribution in [0.2, 0.25) is 5.02 Å². The minimum absolute atomic E-state index is 0.0680. The van der Waals surface area contributed by atoms with Crippen molar-refractivity contribution in [3.63, 3.8) is 0 Å². The van der Waals surface area contributed by atoms with Gasteiger partial charge >= 0.3 is 0 Å². The SMILES string of the molecule is CCOC(=N)C(CCCCl)c1ccc(N2CCCCC2)c(Cl)c1. The fourth-order valence-electron chi connectivity index (χ4n) is 3.12. The minimum atomic E-state index is -0.0680. The van der Waals surface area contributed by atoms with E-state index in [1.165, 1.54) is 19.3 Å². The predicted octanol–water partition coefficient (Wildman–Crippen LogP) is 5.45. The number of hydrogen-bond donors (Lipinski definition) is 1. The molecule has 128 valence electrons. The molecule has 1 aromatic carbocycles. The lowest BCUT2D eigenvalue weighted by Crippen LogP contribution is -2.29. The van der Waals surface area contributed by atoms with E-state index in [1.807, 2.05) is 13.0 Å². The molecule has 0 radical (unpaired) electrons. The summed E-state index contributed by atoms with van der Waals surface area (Å²) in [6.45, 7) is 4.56. The fourth-order valence-corrected chi connectivity index (χ4v) is 3.58. The summed E-state index contributed by atoms with van der Waals surface area (Å²) >= 11 is 12.4. The number of hydrogen-bond acceptors (Lipinski definition) is 3. The maximum atomic E-state index is 8.16. The lowest BCUT2D eigenvalue weighted by atomic mass is 9.93. The summed E-state index contributed by atoms with van der Waals surface area (Å²) in [6, 6.07) is 6.18. The topological polar surface area (TPSA) is 36.3 Å². The first-order valence-corrected chi connectivity index (χ1v) is 9.40. The van der Waals surface area contributed by atoms with E-state index in [4.69, 9.17) is 33.3 Å². The van der Waals surface area contributed by atoms with E-state index in [1.54, 1.807) is 0 Å². The van der Waals surface area contributed by atoms with Crippen molar-refractivity contribution in [3.8, 4) is 0 Å². The number of halogens is 2. The molecular formula is C18H26Cl2N2O. The van der Waals surface area contributed by atoms with E-state index in [0.717, 1.165) is 42.2 Å². The van der Waals surface area contributed by atoms with Gasteiger partial charge in [0.25, 0.3) is 0 Å². The summed E-state index contributed by atoms with van der Waals surface area (Å²) in [5.41, 5.74) is 2.15. The molecule has 1 saturated heterocycles. The molecule has 0 spiro atoms. The van der Waals surface area contributed by atoms with Crippen LogP contribution in [0.25, 0.3) is 0 Å². The van der Waals surface area contributed by atoms with Crippen LogP contribution in [0.4, 0.5) is 5.69 Å². The average molecular weight is 357 g/mol. The first-order chi connectivity index (χ1) is 11.2. The first kappa shape index (κ1) is 18.4. The van der Waals surface area contributed by atoms with Crippen LogP contribution in [-0.4, -0.2) is 31.5 Å². The van der Waals surface area contributed by atoms with Gasteiger partial charge in [-0.3, -0.25) is 5.41 Å². The molecule has 1 fully saturated rings. The van der Waals surface area contributed by atoms with E-state index in [-0.39, 0.29) is 5.92 Å². The van der Waals surface area contributed by atoms with E-state index >= 15 is 0 Å². The number of ether oxygens (including phenoxy) is 1. The molecule has 1 heterocycles. The summed E-state index contributed by atoms with van der Waals surface area (Å²) in [7, 11) is 0.